The highest BCUT2D eigenvalue weighted by molar-refractivity contribution is 5.92. The molecular formula is C13H23N5O. The zero-order valence-corrected chi connectivity index (χ0v) is 12.1. The van der Waals surface area contributed by atoms with E-state index in [2.05, 4.69) is 43.1 Å². The van der Waals surface area contributed by atoms with Crippen LogP contribution in [0.1, 0.15) is 38.2 Å². The zero-order chi connectivity index (χ0) is 14.4. The van der Waals surface area contributed by atoms with Gasteiger partial charge in [-0.2, -0.15) is 0 Å². The van der Waals surface area contributed by atoms with Gasteiger partial charge >= 0.3 is 0 Å². The summed E-state index contributed by atoms with van der Waals surface area (Å²) in [5.74, 6) is 6.41. The van der Waals surface area contributed by atoms with Crippen molar-refractivity contribution >= 4 is 11.7 Å². The molecule has 19 heavy (non-hydrogen) atoms. The molecule has 0 saturated carbocycles. The van der Waals surface area contributed by atoms with E-state index in [0.717, 1.165) is 13.1 Å². The molecule has 0 aromatic carbocycles. The van der Waals surface area contributed by atoms with Crippen molar-refractivity contribution in [3.63, 3.8) is 0 Å². The van der Waals surface area contributed by atoms with Crippen molar-refractivity contribution in [2.24, 2.45) is 17.7 Å². The van der Waals surface area contributed by atoms with Crippen molar-refractivity contribution < 1.29 is 4.79 Å². The summed E-state index contributed by atoms with van der Waals surface area (Å²) in [6.45, 7) is 9.80. The first-order chi connectivity index (χ1) is 8.93. The summed E-state index contributed by atoms with van der Waals surface area (Å²) in [4.78, 5) is 22.3. The Balaban J connectivity index is 2.84. The van der Waals surface area contributed by atoms with E-state index in [9.17, 15) is 4.79 Å². The Morgan fingerprint density at radius 3 is 2.16 bits per heavy atom. The van der Waals surface area contributed by atoms with Gasteiger partial charge in [0.1, 0.15) is 5.69 Å². The lowest BCUT2D eigenvalue weighted by Crippen LogP contribution is -2.37. The molecule has 6 heteroatoms. The Morgan fingerprint density at radius 2 is 1.79 bits per heavy atom. The minimum absolute atomic E-state index is 0.0847. The monoisotopic (exact) mass is 265 g/mol. The molecule has 106 valence electrons. The molecule has 0 fully saturated rings. The van der Waals surface area contributed by atoms with E-state index < -0.39 is 0 Å². The van der Waals surface area contributed by atoms with Crippen molar-refractivity contribution in [1.29, 1.82) is 0 Å². The first-order valence-corrected chi connectivity index (χ1v) is 6.52. The van der Waals surface area contributed by atoms with Gasteiger partial charge in [-0.05, 0) is 11.8 Å². The van der Waals surface area contributed by atoms with Gasteiger partial charge in [-0.15, -0.1) is 0 Å². The number of hydrogen-bond acceptors (Lipinski definition) is 5. The standard InChI is InChI=1S/C13H23N5O/c1-9(2)7-18(8-10(3)4)13(19)11-5-16-12(17-14)6-15-11/h5-6,9-10H,7-8,14H2,1-4H3,(H,16,17). The molecule has 0 unspecified atom stereocenters. The maximum Gasteiger partial charge on any atom is 0.274 e. The number of aromatic nitrogens is 2. The van der Waals surface area contributed by atoms with Gasteiger partial charge in [0.15, 0.2) is 5.82 Å². The molecule has 0 radical (unpaired) electrons. The van der Waals surface area contributed by atoms with Crippen molar-refractivity contribution in [3.8, 4) is 0 Å². The number of amides is 1. The quantitative estimate of drug-likeness (QED) is 0.601. The van der Waals surface area contributed by atoms with Crippen LogP contribution in [0.2, 0.25) is 0 Å². The van der Waals surface area contributed by atoms with Crippen LogP contribution in [0, 0.1) is 11.8 Å². The predicted octanol–water partition coefficient (Wildman–Crippen LogP) is 1.52. The Bertz CT molecular complexity index is 392. The van der Waals surface area contributed by atoms with Crippen molar-refractivity contribution in [2.45, 2.75) is 27.7 Å². The Morgan fingerprint density at radius 1 is 1.21 bits per heavy atom. The molecule has 0 bridgehead atoms. The third kappa shape index (κ3) is 4.82. The van der Waals surface area contributed by atoms with Crippen LogP contribution in [0.3, 0.4) is 0 Å². The van der Waals surface area contributed by atoms with Crippen LogP contribution in [-0.2, 0) is 0 Å². The summed E-state index contributed by atoms with van der Waals surface area (Å²) in [7, 11) is 0. The SMILES string of the molecule is CC(C)CN(CC(C)C)C(=O)c1cnc(NN)cn1. The molecule has 0 saturated heterocycles. The van der Waals surface area contributed by atoms with Gasteiger partial charge in [-0.3, -0.25) is 4.79 Å². The minimum Gasteiger partial charge on any atom is -0.337 e. The first-order valence-electron chi connectivity index (χ1n) is 6.52. The second-order valence-electron chi connectivity index (χ2n) is 5.43. The van der Waals surface area contributed by atoms with E-state index in [1.54, 1.807) is 0 Å². The second-order valence-corrected chi connectivity index (χ2v) is 5.43. The number of rotatable bonds is 6. The van der Waals surface area contributed by atoms with E-state index in [0.29, 0.717) is 23.3 Å². The number of nitrogen functional groups attached to an aromatic ring is 1. The third-order valence-electron chi connectivity index (χ3n) is 2.48. The molecule has 1 aromatic heterocycles. The lowest BCUT2D eigenvalue weighted by Gasteiger charge is -2.26. The van der Waals surface area contributed by atoms with Crippen molar-refractivity contribution in [2.75, 3.05) is 18.5 Å². The molecule has 0 spiro atoms. The van der Waals surface area contributed by atoms with Crippen LogP contribution in [-0.4, -0.2) is 33.9 Å². The number of nitrogens with two attached hydrogens (primary N) is 1. The Labute approximate surface area is 114 Å². The molecule has 1 aromatic rings. The minimum atomic E-state index is -0.0847. The topological polar surface area (TPSA) is 84.1 Å². The molecule has 1 rings (SSSR count). The van der Waals surface area contributed by atoms with E-state index in [1.807, 2.05) is 4.90 Å². The average molecular weight is 265 g/mol. The van der Waals surface area contributed by atoms with Gasteiger partial charge < -0.3 is 10.3 Å². The lowest BCUT2D eigenvalue weighted by atomic mass is 10.1. The highest BCUT2D eigenvalue weighted by Gasteiger charge is 2.19. The van der Waals surface area contributed by atoms with E-state index in [-0.39, 0.29) is 5.91 Å². The summed E-state index contributed by atoms with van der Waals surface area (Å²) in [5, 5.41) is 0. The van der Waals surface area contributed by atoms with Crippen LogP contribution in [0.25, 0.3) is 0 Å². The highest BCUT2D eigenvalue weighted by Crippen LogP contribution is 2.09. The maximum atomic E-state index is 12.4. The number of nitrogens with one attached hydrogen (secondary N) is 1. The fraction of sp³-hybridized carbons (Fsp3) is 0.615. The molecule has 0 aliphatic carbocycles. The molecule has 0 aliphatic rings. The molecule has 1 amide bonds. The Hall–Kier alpha value is -1.69. The van der Waals surface area contributed by atoms with Crippen LogP contribution in [0.4, 0.5) is 5.82 Å². The Kier molecular flexibility index (Phi) is 5.69. The second kappa shape index (κ2) is 7.04. The number of hydrogen-bond donors (Lipinski definition) is 2. The lowest BCUT2D eigenvalue weighted by molar-refractivity contribution is 0.0708. The summed E-state index contributed by atoms with van der Waals surface area (Å²) in [6, 6.07) is 0. The van der Waals surface area contributed by atoms with Crippen LogP contribution < -0.4 is 11.3 Å². The fourth-order valence-electron chi connectivity index (χ4n) is 1.80. The van der Waals surface area contributed by atoms with Crippen LogP contribution in [0.15, 0.2) is 12.4 Å². The normalized spacial score (nSPS) is 10.9. The smallest absolute Gasteiger partial charge is 0.274 e. The van der Waals surface area contributed by atoms with Crippen molar-refractivity contribution in [1.82, 2.24) is 14.9 Å². The van der Waals surface area contributed by atoms with Crippen LogP contribution >= 0.6 is 0 Å². The third-order valence-corrected chi connectivity index (χ3v) is 2.48. The van der Waals surface area contributed by atoms with E-state index in [4.69, 9.17) is 5.84 Å². The van der Waals surface area contributed by atoms with Crippen molar-refractivity contribution in [3.05, 3.63) is 18.1 Å². The molecule has 3 N–H and O–H groups in total. The van der Waals surface area contributed by atoms with Gasteiger partial charge in [0, 0.05) is 13.1 Å². The molecular weight excluding hydrogens is 242 g/mol. The van der Waals surface area contributed by atoms with Gasteiger partial charge in [-0.25, -0.2) is 15.8 Å². The number of anilines is 1. The average Bonchev–Trinajstić information content (AvgIpc) is 2.36. The first kappa shape index (κ1) is 15.4. The number of carbonyl (C=O) groups excluding carboxylic acids is 1. The zero-order valence-electron chi connectivity index (χ0n) is 12.1. The molecule has 0 aliphatic heterocycles. The highest BCUT2D eigenvalue weighted by atomic mass is 16.2. The van der Waals surface area contributed by atoms with E-state index in [1.165, 1.54) is 12.4 Å². The molecule has 6 nitrogen and oxygen atoms in total. The van der Waals surface area contributed by atoms with E-state index >= 15 is 0 Å². The number of nitrogens with zero attached hydrogens (tertiary/aromatic N) is 3. The molecule has 1 heterocycles. The number of hydrazine groups is 1. The summed E-state index contributed by atoms with van der Waals surface area (Å²) in [5.41, 5.74) is 2.74. The summed E-state index contributed by atoms with van der Waals surface area (Å²) in [6.07, 6.45) is 2.90. The van der Waals surface area contributed by atoms with Gasteiger partial charge in [-0.1, -0.05) is 27.7 Å². The van der Waals surface area contributed by atoms with Gasteiger partial charge in [0.25, 0.3) is 5.91 Å². The van der Waals surface area contributed by atoms with Crippen LogP contribution in [0.5, 0.6) is 0 Å². The van der Waals surface area contributed by atoms with Gasteiger partial charge in [0.2, 0.25) is 0 Å². The molecule has 0 atom stereocenters. The fourth-order valence-corrected chi connectivity index (χ4v) is 1.80. The summed E-state index contributed by atoms with van der Waals surface area (Å²) < 4.78 is 0. The predicted molar refractivity (Wildman–Crippen MR) is 75.4 cm³/mol. The maximum absolute atomic E-state index is 12.4. The van der Waals surface area contributed by atoms with Gasteiger partial charge in [0.05, 0.1) is 12.4 Å². The summed E-state index contributed by atoms with van der Waals surface area (Å²) >= 11 is 0. The largest absolute Gasteiger partial charge is 0.337 e. The number of carbonyl (C=O) groups is 1.